The fourth-order valence-electron chi connectivity index (χ4n) is 3.46. The van der Waals surface area contributed by atoms with Crippen LogP contribution in [0.1, 0.15) is 26.7 Å². The van der Waals surface area contributed by atoms with E-state index in [0.717, 1.165) is 32.8 Å². The minimum Gasteiger partial charge on any atom is -0.381 e. The zero-order chi connectivity index (χ0) is 13.0. The van der Waals surface area contributed by atoms with Crippen LogP contribution in [0.2, 0.25) is 0 Å². The van der Waals surface area contributed by atoms with Crippen LogP contribution in [0.3, 0.4) is 0 Å². The Kier molecular flexibility index (Phi) is 5.01. The molecule has 0 spiro atoms. The number of ether oxygens (including phenoxy) is 2. The van der Waals surface area contributed by atoms with Gasteiger partial charge in [0.2, 0.25) is 0 Å². The van der Waals surface area contributed by atoms with Crippen molar-refractivity contribution in [3.63, 3.8) is 0 Å². The lowest BCUT2D eigenvalue weighted by Crippen LogP contribution is -2.53. The molecular formula is C14H28N2O2. The Labute approximate surface area is 111 Å². The first-order valence-corrected chi connectivity index (χ1v) is 7.24. The van der Waals surface area contributed by atoms with Gasteiger partial charge in [-0.15, -0.1) is 0 Å². The van der Waals surface area contributed by atoms with E-state index in [-0.39, 0.29) is 0 Å². The van der Waals surface area contributed by atoms with Crippen molar-refractivity contribution in [1.29, 1.82) is 0 Å². The molecule has 0 aromatic rings. The highest BCUT2D eigenvalue weighted by atomic mass is 16.5. The lowest BCUT2D eigenvalue weighted by molar-refractivity contribution is -0.0873. The van der Waals surface area contributed by atoms with Gasteiger partial charge in [0, 0.05) is 39.4 Å². The predicted molar refractivity (Wildman–Crippen MR) is 72.9 cm³/mol. The average Bonchev–Trinajstić information content (AvgIpc) is 2.28. The first-order chi connectivity index (χ1) is 8.63. The second kappa shape index (κ2) is 6.33. The zero-order valence-electron chi connectivity index (χ0n) is 12.1. The molecule has 0 unspecified atom stereocenters. The number of hydrogen-bond donors (Lipinski definition) is 1. The molecule has 2 atom stereocenters. The first-order valence-electron chi connectivity index (χ1n) is 7.24. The van der Waals surface area contributed by atoms with Crippen molar-refractivity contribution in [1.82, 2.24) is 10.2 Å². The summed E-state index contributed by atoms with van der Waals surface area (Å²) in [5.41, 5.74) is 0.393. The molecule has 2 rings (SSSR count). The van der Waals surface area contributed by atoms with E-state index >= 15 is 0 Å². The summed E-state index contributed by atoms with van der Waals surface area (Å²) in [7, 11) is 2.06. The van der Waals surface area contributed by atoms with Gasteiger partial charge in [-0.2, -0.15) is 0 Å². The molecule has 4 nitrogen and oxygen atoms in total. The van der Waals surface area contributed by atoms with Gasteiger partial charge in [0.25, 0.3) is 0 Å². The van der Waals surface area contributed by atoms with Crippen molar-refractivity contribution in [2.45, 2.75) is 38.9 Å². The summed E-state index contributed by atoms with van der Waals surface area (Å²) in [5, 5.41) is 3.38. The second-order valence-corrected chi connectivity index (χ2v) is 6.09. The highest BCUT2D eigenvalue weighted by molar-refractivity contribution is 4.88. The van der Waals surface area contributed by atoms with E-state index < -0.39 is 0 Å². The Balaban J connectivity index is 1.95. The van der Waals surface area contributed by atoms with Crippen LogP contribution in [0, 0.1) is 5.41 Å². The third kappa shape index (κ3) is 3.67. The molecule has 2 aliphatic heterocycles. The summed E-state index contributed by atoms with van der Waals surface area (Å²) in [6.45, 7) is 10.6. The largest absolute Gasteiger partial charge is 0.381 e. The van der Waals surface area contributed by atoms with E-state index in [2.05, 4.69) is 31.1 Å². The van der Waals surface area contributed by atoms with Gasteiger partial charge in [0.1, 0.15) is 0 Å². The summed E-state index contributed by atoms with van der Waals surface area (Å²) >= 11 is 0. The number of morpholine rings is 1. The van der Waals surface area contributed by atoms with E-state index in [0.29, 0.717) is 17.6 Å². The SMILES string of the molecule is CNCC1(CN2C[C@@H](C)O[C@@H](C)C2)CCOCC1. The van der Waals surface area contributed by atoms with Gasteiger partial charge >= 0.3 is 0 Å². The standard InChI is InChI=1S/C14H28N2O2/c1-12-8-16(9-13(2)18-12)11-14(10-15-3)4-6-17-7-5-14/h12-13,15H,4-11H2,1-3H3/t12-,13+. The topological polar surface area (TPSA) is 33.7 Å². The van der Waals surface area contributed by atoms with Crippen LogP contribution in [-0.4, -0.2) is 63.5 Å². The molecule has 2 saturated heterocycles. The first kappa shape index (κ1) is 14.3. The summed E-state index contributed by atoms with van der Waals surface area (Å²) in [6, 6.07) is 0. The van der Waals surface area contributed by atoms with Crippen LogP contribution in [-0.2, 0) is 9.47 Å². The van der Waals surface area contributed by atoms with Crippen molar-refractivity contribution >= 4 is 0 Å². The number of hydrogen-bond acceptors (Lipinski definition) is 4. The molecule has 2 fully saturated rings. The van der Waals surface area contributed by atoms with Crippen LogP contribution in [0.5, 0.6) is 0 Å². The Morgan fingerprint density at radius 3 is 2.33 bits per heavy atom. The average molecular weight is 256 g/mol. The minimum atomic E-state index is 0.361. The fourth-order valence-corrected chi connectivity index (χ4v) is 3.46. The van der Waals surface area contributed by atoms with Gasteiger partial charge < -0.3 is 14.8 Å². The smallest absolute Gasteiger partial charge is 0.0678 e. The Morgan fingerprint density at radius 1 is 1.17 bits per heavy atom. The normalized spacial score (nSPS) is 33.5. The lowest BCUT2D eigenvalue weighted by Gasteiger charge is -2.44. The molecule has 0 aromatic heterocycles. The summed E-state index contributed by atoms with van der Waals surface area (Å²) in [6.07, 6.45) is 3.07. The van der Waals surface area contributed by atoms with E-state index in [1.807, 2.05) is 0 Å². The minimum absolute atomic E-state index is 0.361. The van der Waals surface area contributed by atoms with E-state index in [1.54, 1.807) is 0 Å². The van der Waals surface area contributed by atoms with E-state index in [4.69, 9.17) is 9.47 Å². The van der Waals surface area contributed by atoms with Gasteiger partial charge in [-0.1, -0.05) is 0 Å². The number of rotatable bonds is 4. The van der Waals surface area contributed by atoms with E-state index in [9.17, 15) is 0 Å². The highest BCUT2D eigenvalue weighted by Crippen LogP contribution is 2.31. The molecular weight excluding hydrogens is 228 g/mol. The number of nitrogens with one attached hydrogen (secondary N) is 1. The molecule has 0 aromatic carbocycles. The van der Waals surface area contributed by atoms with Crippen LogP contribution in [0.25, 0.3) is 0 Å². The van der Waals surface area contributed by atoms with Gasteiger partial charge in [-0.25, -0.2) is 0 Å². The van der Waals surface area contributed by atoms with Crippen LogP contribution < -0.4 is 5.32 Å². The van der Waals surface area contributed by atoms with Crippen molar-refractivity contribution < 1.29 is 9.47 Å². The van der Waals surface area contributed by atoms with Crippen molar-refractivity contribution in [3.05, 3.63) is 0 Å². The Morgan fingerprint density at radius 2 is 1.78 bits per heavy atom. The molecule has 1 N–H and O–H groups in total. The second-order valence-electron chi connectivity index (χ2n) is 6.09. The maximum Gasteiger partial charge on any atom is 0.0678 e. The Hall–Kier alpha value is -0.160. The van der Waals surface area contributed by atoms with Crippen LogP contribution in [0.15, 0.2) is 0 Å². The summed E-state index contributed by atoms with van der Waals surface area (Å²) < 4.78 is 11.3. The molecule has 0 saturated carbocycles. The van der Waals surface area contributed by atoms with E-state index in [1.165, 1.54) is 19.4 Å². The molecule has 0 bridgehead atoms. The summed E-state index contributed by atoms with van der Waals surface area (Å²) in [4.78, 5) is 2.58. The molecule has 0 aliphatic carbocycles. The Bertz CT molecular complexity index is 239. The van der Waals surface area contributed by atoms with Gasteiger partial charge in [-0.05, 0) is 39.2 Å². The van der Waals surface area contributed by atoms with Gasteiger partial charge in [-0.3, -0.25) is 4.90 Å². The van der Waals surface area contributed by atoms with Crippen molar-refractivity contribution in [2.24, 2.45) is 5.41 Å². The van der Waals surface area contributed by atoms with Gasteiger partial charge in [0.15, 0.2) is 0 Å². The molecule has 0 radical (unpaired) electrons. The molecule has 0 amide bonds. The zero-order valence-corrected chi connectivity index (χ0v) is 12.1. The molecule has 2 heterocycles. The predicted octanol–water partition coefficient (Wildman–Crippen LogP) is 1.11. The molecule has 4 heteroatoms. The lowest BCUT2D eigenvalue weighted by atomic mass is 9.79. The third-order valence-electron chi connectivity index (χ3n) is 4.16. The quantitative estimate of drug-likeness (QED) is 0.817. The monoisotopic (exact) mass is 256 g/mol. The number of nitrogens with zero attached hydrogens (tertiary/aromatic N) is 1. The molecule has 106 valence electrons. The third-order valence-corrected chi connectivity index (χ3v) is 4.16. The molecule has 18 heavy (non-hydrogen) atoms. The molecule has 2 aliphatic rings. The van der Waals surface area contributed by atoms with Crippen molar-refractivity contribution in [3.8, 4) is 0 Å². The van der Waals surface area contributed by atoms with Crippen LogP contribution >= 0.6 is 0 Å². The maximum atomic E-state index is 5.82. The summed E-state index contributed by atoms with van der Waals surface area (Å²) in [5.74, 6) is 0. The fraction of sp³-hybridized carbons (Fsp3) is 1.00. The van der Waals surface area contributed by atoms with Crippen LogP contribution in [0.4, 0.5) is 0 Å². The highest BCUT2D eigenvalue weighted by Gasteiger charge is 2.35. The maximum absolute atomic E-state index is 5.82. The van der Waals surface area contributed by atoms with Crippen molar-refractivity contribution in [2.75, 3.05) is 46.4 Å². The van der Waals surface area contributed by atoms with Gasteiger partial charge in [0.05, 0.1) is 12.2 Å².